The third kappa shape index (κ3) is 2.16. The van der Waals surface area contributed by atoms with Gasteiger partial charge in [-0.05, 0) is 6.92 Å². The lowest BCUT2D eigenvalue weighted by Crippen LogP contribution is -2.47. The summed E-state index contributed by atoms with van der Waals surface area (Å²) in [6.07, 6.45) is 0. The van der Waals surface area contributed by atoms with Crippen LogP contribution in [0.3, 0.4) is 0 Å². The Hall–Kier alpha value is -1.14. The van der Waals surface area contributed by atoms with Gasteiger partial charge < -0.3 is 20.1 Å². The van der Waals surface area contributed by atoms with Crippen molar-refractivity contribution in [3.63, 3.8) is 0 Å². The van der Waals surface area contributed by atoms with Gasteiger partial charge >= 0.3 is 11.9 Å². The van der Waals surface area contributed by atoms with E-state index in [9.17, 15) is 9.59 Å². The first-order valence-electron chi connectivity index (χ1n) is 3.67. The van der Waals surface area contributed by atoms with Crippen molar-refractivity contribution in [2.24, 2.45) is 5.41 Å². The summed E-state index contributed by atoms with van der Waals surface area (Å²) in [7, 11) is 0. The van der Waals surface area contributed by atoms with E-state index in [1.807, 2.05) is 0 Å². The van der Waals surface area contributed by atoms with Gasteiger partial charge in [0.25, 0.3) is 0 Å². The van der Waals surface area contributed by atoms with E-state index < -0.39 is 30.6 Å². The second kappa shape index (κ2) is 4.78. The van der Waals surface area contributed by atoms with Crippen LogP contribution in [0, 0.1) is 5.41 Å². The second-order valence-corrected chi connectivity index (χ2v) is 2.42. The van der Waals surface area contributed by atoms with Crippen LogP contribution in [0.1, 0.15) is 6.92 Å². The van der Waals surface area contributed by atoms with Crippen molar-refractivity contribution < 1.29 is 29.6 Å². The van der Waals surface area contributed by atoms with E-state index in [0.29, 0.717) is 0 Å². The molecule has 0 saturated heterocycles. The minimum atomic E-state index is -2.24. The van der Waals surface area contributed by atoms with E-state index >= 15 is 0 Å². The maximum Gasteiger partial charge on any atom is 0.328 e. The molecule has 0 bridgehead atoms. The Labute approximate surface area is 74.7 Å². The highest BCUT2D eigenvalue weighted by Gasteiger charge is 2.47. The molecule has 0 aromatic heterocycles. The average molecular weight is 192 g/mol. The zero-order valence-corrected chi connectivity index (χ0v) is 7.19. The number of carbonyl (C=O) groups is 2. The van der Waals surface area contributed by atoms with E-state index in [1.165, 1.54) is 6.92 Å². The fraction of sp³-hybridized carbons (Fsp3) is 0.714. The number of hydrogen-bond acceptors (Lipinski definition) is 5. The molecule has 0 aliphatic rings. The lowest BCUT2D eigenvalue weighted by Gasteiger charge is -2.21. The van der Waals surface area contributed by atoms with Crippen LogP contribution in [0.4, 0.5) is 0 Å². The van der Waals surface area contributed by atoms with Crippen LogP contribution in [0.25, 0.3) is 0 Å². The molecule has 0 atom stereocenters. The molecule has 6 heteroatoms. The molecule has 0 aromatic carbocycles. The zero-order chi connectivity index (χ0) is 10.5. The summed E-state index contributed by atoms with van der Waals surface area (Å²) in [6, 6.07) is 0. The van der Waals surface area contributed by atoms with Crippen LogP contribution in [0.15, 0.2) is 0 Å². The van der Waals surface area contributed by atoms with Gasteiger partial charge in [-0.3, -0.25) is 9.59 Å². The largest absolute Gasteiger partial charge is 0.480 e. The van der Waals surface area contributed by atoms with Gasteiger partial charge in [0.15, 0.2) is 0 Å². The quantitative estimate of drug-likeness (QED) is 0.366. The van der Waals surface area contributed by atoms with Crippen LogP contribution in [-0.2, 0) is 14.3 Å². The molecule has 0 heterocycles. The number of aliphatic hydroxyl groups is 2. The molecule has 0 aliphatic heterocycles. The maximum absolute atomic E-state index is 11.0. The molecule has 0 radical (unpaired) electrons. The van der Waals surface area contributed by atoms with Crippen molar-refractivity contribution >= 4 is 11.9 Å². The standard InChI is InChI=1S/C7H12O6/c1-2-13-6(12)7(3-8,4-9)5(10)11/h8-9H,2-4H2,1H3,(H,10,11). The minimum Gasteiger partial charge on any atom is -0.480 e. The fourth-order valence-corrected chi connectivity index (χ4v) is 0.671. The fourth-order valence-electron chi connectivity index (χ4n) is 0.671. The van der Waals surface area contributed by atoms with E-state index in [1.54, 1.807) is 0 Å². The molecule has 6 nitrogen and oxygen atoms in total. The topological polar surface area (TPSA) is 104 Å². The van der Waals surface area contributed by atoms with Gasteiger partial charge in [0.05, 0.1) is 19.8 Å². The highest BCUT2D eigenvalue weighted by molar-refractivity contribution is 5.99. The van der Waals surface area contributed by atoms with E-state index in [-0.39, 0.29) is 6.61 Å². The molecule has 3 N–H and O–H groups in total. The third-order valence-corrected chi connectivity index (χ3v) is 1.62. The molecule has 0 aliphatic carbocycles. The molecule has 0 rings (SSSR count). The van der Waals surface area contributed by atoms with Gasteiger partial charge in [0.2, 0.25) is 5.41 Å². The number of carboxylic acid groups (broad SMARTS) is 1. The van der Waals surface area contributed by atoms with E-state index in [0.717, 1.165) is 0 Å². The first-order valence-corrected chi connectivity index (χ1v) is 3.67. The summed E-state index contributed by atoms with van der Waals surface area (Å²) < 4.78 is 4.41. The Morgan fingerprint density at radius 3 is 2.00 bits per heavy atom. The van der Waals surface area contributed by atoms with Crippen molar-refractivity contribution in [2.75, 3.05) is 19.8 Å². The lowest BCUT2D eigenvalue weighted by molar-refractivity contribution is -0.175. The third-order valence-electron chi connectivity index (χ3n) is 1.62. The number of ether oxygens (including phenoxy) is 1. The summed E-state index contributed by atoms with van der Waals surface area (Å²) in [5.74, 6) is -2.73. The Bertz CT molecular complexity index is 195. The van der Waals surface area contributed by atoms with Crippen molar-refractivity contribution in [3.8, 4) is 0 Å². The average Bonchev–Trinajstić information content (AvgIpc) is 2.07. The first kappa shape index (κ1) is 11.9. The Morgan fingerprint density at radius 1 is 1.31 bits per heavy atom. The number of aliphatic carboxylic acids is 1. The molecule has 76 valence electrons. The first-order chi connectivity index (χ1) is 6.05. The SMILES string of the molecule is CCOC(=O)C(CO)(CO)C(=O)O. The van der Waals surface area contributed by atoms with Gasteiger partial charge in [-0.15, -0.1) is 0 Å². The lowest BCUT2D eigenvalue weighted by atomic mass is 9.90. The Balaban J connectivity index is 4.75. The summed E-state index contributed by atoms with van der Waals surface area (Å²) in [6.45, 7) is -0.484. The number of aliphatic hydroxyl groups excluding tert-OH is 2. The number of rotatable bonds is 5. The Morgan fingerprint density at radius 2 is 1.77 bits per heavy atom. The molecule has 0 fully saturated rings. The minimum absolute atomic E-state index is 0.00609. The molecular formula is C7H12O6. The number of carboxylic acids is 1. The molecule has 0 saturated carbocycles. The molecule has 0 spiro atoms. The van der Waals surface area contributed by atoms with Gasteiger partial charge in [0, 0.05) is 0 Å². The highest BCUT2D eigenvalue weighted by atomic mass is 16.5. The number of carbonyl (C=O) groups excluding carboxylic acids is 1. The van der Waals surface area contributed by atoms with Crippen molar-refractivity contribution in [2.45, 2.75) is 6.92 Å². The maximum atomic E-state index is 11.0. The van der Waals surface area contributed by atoms with Gasteiger partial charge in [-0.1, -0.05) is 0 Å². The smallest absolute Gasteiger partial charge is 0.328 e. The van der Waals surface area contributed by atoms with Crippen LogP contribution >= 0.6 is 0 Å². The molecule has 0 unspecified atom stereocenters. The van der Waals surface area contributed by atoms with Crippen LogP contribution in [0.2, 0.25) is 0 Å². The second-order valence-electron chi connectivity index (χ2n) is 2.42. The summed E-state index contributed by atoms with van der Waals surface area (Å²) >= 11 is 0. The number of hydrogen-bond donors (Lipinski definition) is 3. The van der Waals surface area contributed by atoms with Crippen LogP contribution in [-0.4, -0.2) is 47.1 Å². The monoisotopic (exact) mass is 192 g/mol. The number of esters is 1. The zero-order valence-electron chi connectivity index (χ0n) is 7.19. The van der Waals surface area contributed by atoms with Crippen LogP contribution in [0.5, 0.6) is 0 Å². The summed E-state index contributed by atoms with van der Waals surface area (Å²) in [5.41, 5.74) is -2.24. The summed E-state index contributed by atoms with van der Waals surface area (Å²) in [4.78, 5) is 21.6. The van der Waals surface area contributed by atoms with Crippen molar-refractivity contribution in [3.05, 3.63) is 0 Å². The van der Waals surface area contributed by atoms with E-state index in [4.69, 9.17) is 15.3 Å². The van der Waals surface area contributed by atoms with Gasteiger partial charge in [-0.2, -0.15) is 0 Å². The van der Waals surface area contributed by atoms with Gasteiger partial charge in [-0.25, -0.2) is 0 Å². The molecular weight excluding hydrogens is 180 g/mol. The molecule has 0 aromatic rings. The van der Waals surface area contributed by atoms with E-state index in [2.05, 4.69) is 4.74 Å². The molecule has 0 amide bonds. The van der Waals surface area contributed by atoms with Gasteiger partial charge in [0.1, 0.15) is 0 Å². The summed E-state index contributed by atoms with van der Waals surface area (Å²) in [5, 5.41) is 26.0. The predicted octanol–water partition coefficient (Wildman–Crippen LogP) is -1.39. The van der Waals surface area contributed by atoms with Crippen molar-refractivity contribution in [1.29, 1.82) is 0 Å². The van der Waals surface area contributed by atoms with Crippen LogP contribution < -0.4 is 0 Å². The highest BCUT2D eigenvalue weighted by Crippen LogP contribution is 2.18. The van der Waals surface area contributed by atoms with Crippen molar-refractivity contribution in [1.82, 2.24) is 0 Å². The Kier molecular flexibility index (Phi) is 4.36. The normalized spacial score (nSPS) is 11.0. The predicted molar refractivity (Wildman–Crippen MR) is 40.9 cm³/mol. The molecule has 13 heavy (non-hydrogen) atoms.